The van der Waals surface area contributed by atoms with Gasteiger partial charge in [0, 0.05) is 18.0 Å². The van der Waals surface area contributed by atoms with E-state index in [0.717, 1.165) is 16.3 Å². The normalized spacial score (nSPS) is 12.9. The molecule has 0 radical (unpaired) electrons. The number of thiazole rings is 1. The van der Waals surface area contributed by atoms with Gasteiger partial charge in [-0.25, -0.2) is 4.98 Å². The second-order valence-corrected chi connectivity index (χ2v) is 4.59. The largest absolute Gasteiger partial charge is 0.312 e. The summed E-state index contributed by atoms with van der Waals surface area (Å²) in [7, 11) is 1.94. The van der Waals surface area contributed by atoms with Gasteiger partial charge >= 0.3 is 0 Å². The van der Waals surface area contributed by atoms with Gasteiger partial charge < -0.3 is 5.32 Å². The molecule has 0 aromatic carbocycles. The van der Waals surface area contributed by atoms with Crippen LogP contribution in [-0.4, -0.2) is 21.6 Å². The first-order valence-corrected chi connectivity index (χ1v) is 5.88. The minimum Gasteiger partial charge on any atom is -0.312 e. The summed E-state index contributed by atoms with van der Waals surface area (Å²) in [5.74, 6) is 0. The summed E-state index contributed by atoms with van der Waals surface area (Å²) in [4.78, 5) is 5.41. The molecule has 74 valence electrons. The fourth-order valence-electron chi connectivity index (χ4n) is 1.20. The summed E-state index contributed by atoms with van der Waals surface area (Å²) in [5.41, 5.74) is 0. The summed E-state index contributed by atoms with van der Waals surface area (Å²) in [5, 5.41) is 10.2. The van der Waals surface area contributed by atoms with E-state index in [1.54, 1.807) is 17.5 Å². The molecule has 1 N–H and O–H groups in total. The number of nitrogens with zero attached hydrogens (tertiary/aromatic N) is 3. The van der Waals surface area contributed by atoms with Crippen molar-refractivity contribution in [1.82, 2.24) is 19.9 Å². The Morgan fingerprint density at radius 1 is 1.57 bits per heavy atom. The average Bonchev–Trinajstić information content (AvgIpc) is 2.86. The number of likely N-dealkylation sites (N-methyl/N-ethyl adjacent to an activating group) is 1. The Labute approximate surface area is 90.2 Å². The highest BCUT2D eigenvalue weighted by Crippen LogP contribution is 2.20. The molecule has 2 aromatic heterocycles. The van der Waals surface area contributed by atoms with E-state index < -0.39 is 0 Å². The first-order valence-electron chi connectivity index (χ1n) is 4.23. The van der Waals surface area contributed by atoms with E-state index in [-0.39, 0.29) is 6.04 Å². The second kappa shape index (κ2) is 4.59. The van der Waals surface area contributed by atoms with Gasteiger partial charge in [-0.3, -0.25) is 0 Å². The molecule has 4 nitrogen and oxygen atoms in total. The topological polar surface area (TPSA) is 50.7 Å². The van der Waals surface area contributed by atoms with Crippen LogP contribution in [0, 0.1) is 0 Å². The number of aromatic nitrogens is 3. The van der Waals surface area contributed by atoms with Crippen molar-refractivity contribution in [2.45, 2.75) is 12.5 Å². The molecule has 1 atom stereocenters. The molecule has 0 amide bonds. The Hall–Kier alpha value is -0.850. The number of nitrogens with one attached hydrogen (secondary N) is 1. The van der Waals surface area contributed by atoms with Gasteiger partial charge in [-0.05, 0) is 18.6 Å². The van der Waals surface area contributed by atoms with E-state index in [9.17, 15) is 0 Å². The van der Waals surface area contributed by atoms with Crippen molar-refractivity contribution >= 4 is 22.9 Å². The van der Waals surface area contributed by atoms with Crippen LogP contribution in [0.3, 0.4) is 0 Å². The molecule has 2 aromatic rings. The van der Waals surface area contributed by atoms with Crippen molar-refractivity contribution in [2.24, 2.45) is 0 Å². The highest BCUT2D eigenvalue weighted by molar-refractivity contribution is 7.09. The van der Waals surface area contributed by atoms with E-state index in [1.165, 1.54) is 11.5 Å². The molecular weight excluding hydrogens is 216 g/mol. The van der Waals surface area contributed by atoms with Crippen molar-refractivity contribution in [3.63, 3.8) is 0 Å². The first kappa shape index (κ1) is 9.70. The van der Waals surface area contributed by atoms with Crippen LogP contribution in [0.15, 0.2) is 17.8 Å². The van der Waals surface area contributed by atoms with E-state index in [2.05, 4.69) is 19.9 Å². The number of rotatable bonds is 4. The number of hydrogen-bond donors (Lipinski definition) is 1. The van der Waals surface area contributed by atoms with E-state index in [1.807, 2.05) is 18.6 Å². The van der Waals surface area contributed by atoms with Crippen LogP contribution in [0.25, 0.3) is 0 Å². The van der Waals surface area contributed by atoms with Crippen molar-refractivity contribution in [3.8, 4) is 0 Å². The fraction of sp³-hybridized carbons (Fsp3) is 0.375. The molecule has 2 heterocycles. The lowest BCUT2D eigenvalue weighted by Crippen LogP contribution is -2.17. The molecule has 0 spiro atoms. The van der Waals surface area contributed by atoms with Crippen LogP contribution in [-0.2, 0) is 6.42 Å². The zero-order valence-corrected chi connectivity index (χ0v) is 9.31. The third kappa shape index (κ3) is 2.14. The van der Waals surface area contributed by atoms with Crippen LogP contribution >= 0.6 is 22.9 Å². The highest BCUT2D eigenvalue weighted by Gasteiger charge is 2.13. The van der Waals surface area contributed by atoms with Crippen LogP contribution in [0.1, 0.15) is 15.9 Å². The lowest BCUT2D eigenvalue weighted by atomic mass is 10.2. The maximum absolute atomic E-state index is 4.26. The van der Waals surface area contributed by atoms with Crippen LogP contribution in [0.4, 0.5) is 0 Å². The van der Waals surface area contributed by atoms with Gasteiger partial charge in [-0.1, -0.05) is 4.49 Å². The molecule has 14 heavy (non-hydrogen) atoms. The lowest BCUT2D eigenvalue weighted by Gasteiger charge is -2.10. The van der Waals surface area contributed by atoms with Gasteiger partial charge in [0.1, 0.15) is 0 Å². The van der Waals surface area contributed by atoms with Gasteiger partial charge in [-0.15, -0.1) is 16.4 Å². The van der Waals surface area contributed by atoms with Crippen molar-refractivity contribution in [2.75, 3.05) is 7.05 Å². The Balaban J connectivity index is 2.08. The van der Waals surface area contributed by atoms with Gasteiger partial charge in [0.2, 0.25) is 0 Å². The van der Waals surface area contributed by atoms with Gasteiger partial charge in [-0.2, -0.15) is 0 Å². The quantitative estimate of drug-likeness (QED) is 0.858. The molecule has 0 bridgehead atoms. The molecule has 6 heteroatoms. The Morgan fingerprint density at radius 2 is 2.50 bits per heavy atom. The van der Waals surface area contributed by atoms with Crippen molar-refractivity contribution in [3.05, 3.63) is 27.7 Å². The Kier molecular flexibility index (Phi) is 3.18. The first-order chi connectivity index (χ1) is 6.90. The highest BCUT2D eigenvalue weighted by atomic mass is 32.1. The molecule has 0 aliphatic heterocycles. The SMILES string of the molecule is CNC(Cc1nccs1)c1cnns1. The van der Waals surface area contributed by atoms with Gasteiger partial charge in [0.25, 0.3) is 0 Å². The van der Waals surface area contributed by atoms with Gasteiger partial charge in [0.05, 0.1) is 22.1 Å². The average molecular weight is 226 g/mol. The van der Waals surface area contributed by atoms with Crippen molar-refractivity contribution in [1.29, 1.82) is 0 Å². The maximum Gasteiger partial charge on any atom is 0.0944 e. The maximum atomic E-state index is 4.26. The zero-order valence-electron chi connectivity index (χ0n) is 7.67. The van der Waals surface area contributed by atoms with E-state index >= 15 is 0 Å². The molecule has 0 aliphatic carbocycles. The van der Waals surface area contributed by atoms with E-state index in [4.69, 9.17) is 0 Å². The standard InChI is InChI=1S/C8H10N4S2/c1-9-6(7-5-11-12-14-7)4-8-10-2-3-13-8/h2-3,5-6,9H,4H2,1H3. The van der Waals surface area contributed by atoms with Crippen molar-refractivity contribution < 1.29 is 0 Å². The molecule has 0 fully saturated rings. The molecule has 0 saturated heterocycles. The molecular formula is C8H10N4S2. The predicted octanol–water partition coefficient (Wildman–Crippen LogP) is 1.50. The fourth-order valence-corrected chi connectivity index (χ4v) is 2.48. The number of hydrogen-bond acceptors (Lipinski definition) is 6. The van der Waals surface area contributed by atoms with Crippen LogP contribution in [0.5, 0.6) is 0 Å². The lowest BCUT2D eigenvalue weighted by molar-refractivity contribution is 0.599. The van der Waals surface area contributed by atoms with Crippen LogP contribution < -0.4 is 5.32 Å². The molecule has 0 aliphatic rings. The summed E-state index contributed by atoms with van der Waals surface area (Å²) >= 11 is 3.11. The summed E-state index contributed by atoms with van der Waals surface area (Å²) < 4.78 is 3.85. The summed E-state index contributed by atoms with van der Waals surface area (Å²) in [6.07, 6.45) is 4.54. The molecule has 2 rings (SSSR count). The third-order valence-corrected chi connectivity index (χ3v) is 3.51. The smallest absolute Gasteiger partial charge is 0.0944 e. The molecule has 1 unspecified atom stereocenters. The van der Waals surface area contributed by atoms with Crippen LogP contribution in [0.2, 0.25) is 0 Å². The minimum absolute atomic E-state index is 0.279. The van der Waals surface area contributed by atoms with E-state index in [0.29, 0.717) is 0 Å². The summed E-state index contributed by atoms with van der Waals surface area (Å²) in [6, 6.07) is 0.279. The summed E-state index contributed by atoms with van der Waals surface area (Å²) in [6.45, 7) is 0. The van der Waals surface area contributed by atoms with Gasteiger partial charge in [0.15, 0.2) is 0 Å². The Morgan fingerprint density at radius 3 is 3.07 bits per heavy atom. The predicted molar refractivity (Wildman–Crippen MR) is 57.5 cm³/mol. The Bertz CT molecular complexity index is 357. The second-order valence-electron chi connectivity index (χ2n) is 2.79. The third-order valence-electron chi connectivity index (χ3n) is 1.93. The zero-order chi connectivity index (χ0) is 9.80. The monoisotopic (exact) mass is 226 g/mol. The molecule has 0 saturated carbocycles. The minimum atomic E-state index is 0.279.